The van der Waals surface area contributed by atoms with Gasteiger partial charge in [-0.15, -0.1) is 0 Å². The highest BCUT2D eigenvalue weighted by molar-refractivity contribution is 5.86. The van der Waals surface area contributed by atoms with Gasteiger partial charge in [0.25, 0.3) is 5.91 Å². The topological polar surface area (TPSA) is 148 Å². The highest BCUT2D eigenvalue weighted by atomic mass is 16.7. The van der Waals surface area contributed by atoms with Crippen molar-refractivity contribution in [3.05, 3.63) is 71.3 Å². The number of amides is 3. The zero-order chi connectivity index (χ0) is 32.6. The Labute approximate surface area is 264 Å². The SMILES string of the molecule is COC(=O)N[C@H](C(=O)NN(Cc1ccccc1)C[C@H](O)[C@H](Cc1ccc(C)cc1)NC(=O)OC1CO[C@H]2OCC[C@@H]12)C(C)(C)C. The molecule has 2 aliphatic heterocycles. The van der Waals surface area contributed by atoms with Gasteiger partial charge in [0.15, 0.2) is 6.29 Å². The molecule has 2 aromatic carbocycles. The molecule has 0 radical (unpaired) electrons. The molecule has 2 saturated heterocycles. The molecule has 0 bridgehead atoms. The summed E-state index contributed by atoms with van der Waals surface area (Å²) in [5, 5.41) is 18.7. The maximum atomic E-state index is 13.6. The normalized spacial score (nSPS) is 21.4. The molecule has 4 rings (SSSR count). The van der Waals surface area contributed by atoms with E-state index < -0.39 is 47.8 Å². The van der Waals surface area contributed by atoms with Crippen LogP contribution in [-0.2, 0) is 36.7 Å². The Kier molecular flexibility index (Phi) is 11.8. The average molecular weight is 627 g/mol. The van der Waals surface area contributed by atoms with Crippen LogP contribution in [0.1, 0.15) is 43.9 Å². The molecule has 0 spiro atoms. The summed E-state index contributed by atoms with van der Waals surface area (Å²) < 4.78 is 21.6. The van der Waals surface area contributed by atoms with Gasteiger partial charge in [0.05, 0.1) is 38.4 Å². The molecule has 2 aliphatic rings. The standard InChI is InChI=1S/C33H46N4O8/c1-21-11-13-22(14-12-21)17-25(34-32(41)45-27-20-44-30-24(27)15-16-43-30)26(38)19-37(18-23-9-7-6-8-10-23)36-29(39)28(33(2,3)4)35-31(40)42-5/h6-14,24-28,30,38H,15-20H2,1-5H3,(H,34,41)(H,35,40)(H,36,39)/t24-,25-,26-,27?,28+,30+/m0/s1. The maximum absolute atomic E-state index is 13.6. The number of aliphatic hydroxyl groups is 1. The fourth-order valence-electron chi connectivity index (χ4n) is 5.51. The summed E-state index contributed by atoms with van der Waals surface area (Å²) in [5.74, 6) is -0.504. The molecule has 0 aromatic heterocycles. The van der Waals surface area contributed by atoms with Crippen molar-refractivity contribution in [1.29, 1.82) is 0 Å². The van der Waals surface area contributed by atoms with Crippen molar-refractivity contribution in [3.8, 4) is 0 Å². The molecule has 246 valence electrons. The summed E-state index contributed by atoms with van der Waals surface area (Å²) in [7, 11) is 1.23. The Hall–Kier alpha value is -3.71. The monoisotopic (exact) mass is 626 g/mol. The minimum absolute atomic E-state index is 0.0258. The average Bonchev–Trinajstić information content (AvgIpc) is 3.61. The molecule has 0 aliphatic carbocycles. The van der Waals surface area contributed by atoms with E-state index in [9.17, 15) is 19.5 Å². The molecule has 45 heavy (non-hydrogen) atoms. The van der Waals surface area contributed by atoms with Crippen LogP contribution in [0, 0.1) is 18.3 Å². The van der Waals surface area contributed by atoms with Crippen LogP contribution < -0.4 is 16.1 Å². The predicted molar refractivity (Wildman–Crippen MR) is 166 cm³/mol. The van der Waals surface area contributed by atoms with Gasteiger partial charge >= 0.3 is 12.2 Å². The Morgan fingerprint density at radius 3 is 2.38 bits per heavy atom. The number of carbonyl (C=O) groups is 3. The van der Waals surface area contributed by atoms with Crippen LogP contribution in [0.15, 0.2) is 54.6 Å². The first-order valence-corrected chi connectivity index (χ1v) is 15.3. The van der Waals surface area contributed by atoms with Gasteiger partial charge in [-0.3, -0.25) is 10.2 Å². The van der Waals surface area contributed by atoms with Gasteiger partial charge in [0.2, 0.25) is 0 Å². The number of aliphatic hydroxyl groups excluding tert-OH is 1. The zero-order valence-corrected chi connectivity index (χ0v) is 26.7. The number of benzene rings is 2. The lowest BCUT2D eigenvalue weighted by Gasteiger charge is -2.34. The molecule has 1 unspecified atom stereocenters. The Bertz CT molecular complexity index is 1270. The molecule has 0 saturated carbocycles. The van der Waals surface area contributed by atoms with Crippen LogP contribution in [0.3, 0.4) is 0 Å². The number of nitrogens with zero attached hydrogens (tertiary/aromatic N) is 1. The molecule has 3 amide bonds. The van der Waals surface area contributed by atoms with Crippen LogP contribution in [0.2, 0.25) is 0 Å². The quantitative estimate of drug-likeness (QED) is 0.261. The summed E-state index contributed by atoms with van der Waals surface area (Å²) in [6.45, 7) is 8.48. The number of carbonyl (C=O) groups excluding carboxylic acids is 3. The number of methoxy groups -OCH3 is 1. The second-order valence-electron chi connectivity index (χ2n) is 12.8. The van der Waals surface area contributed by atoms with Crippen LogP contribution in [0.5, 0.6) is 0 Å². The third-order valence-electron chi connectivity index (χ3n) is 8.06. The van der Waals surface area contributed by atoms with E-state index in [-0.39, 0.29) is 31.9 Å². The second-order valence-corrected chi connectivity index (χ2v) is 12.8. The van der Waals surface area contributed by atoms with Gasteiger partial charge in [0, 0.05) is 13.1 Å². The minimum Gasteiger partial charge on any atom is -0.453 e. The number of aryl methyl sites for hydroxylation is 1. The van der Waals surface area contributed by atoms with Crippen molar-refractivity contribution in [1.82, 2.24) is 21.1 Å². The van der Waals surface area contributed by atoms with E-state index in [4.69, 9.17) is 18.9 Å². The number of alkyl carbamates (subject to hydrolysis) is 2. The van der Waals surface area contributed by atoms with E-state index in [0.717, 1.165) is 23.1 Å². The number of ether oxygens (including phenoxy) is 4. The minimum atomic E-state index is -1.13. The first-order valence-electron chi connectivity index (χ1n) is 15.3. The third kappa shape index (κ3) is 9.89. The highest BCUT2D eigenvalue weighted by Crippen LogP contribution is 2.33. The van der Waals surface area contributed by atoms with Crippen LogP contribution in [0.25, 0.3) is 0 Å². The third-order valence-corrected chi connectivity index (χ3v) is 8.06. The van der Waals surface area contributed by atoms with Gasteiger partial charge in [-0.1, -0.05) is 80.9 Å². The van der Waals surface area contributed by atoms with Crippen molar-refractivity contribution in [3.63, 3.8) is 0 Å². The van der Waals surface area contributed by atoms with Crippen molar-refractivity contribution in [2.45, 2.75) is 77.7 Å². The molecule has 2 heterocycles. The summed E-state index contributed by atoms with van der Waals surface area (Å²) in [5.41, 5.74) is 5.12. The zero-order valence-electron chi connectivity index (χ0n) is 26.7. The molecule has 2 aromatic rings. The molecule has 12 nitrogen and oxygen atoms in total. The predicted octanol–water partition coefficient (Wildman–Crippen LogP) is 3.06. The molecule has 4 N–H and O–H groups in total. The number of nitrogens with one attached hydrogen (secondary N) is 3. The van der Waals surface area contributed by atoms with Gasteiger partial charge in [-0.25, -0.2) is 14.6 Å². The lowest BCUT2D eigenvalue weighted by molar-refractivity contribution is -0.131. The van der Waals surface area contributed by atoms with E-state index in [1.807, 2.05) is 82.3 Å². The van der Waals surface area contributed by atoms with Crippen molar-refractivity contribution >= 4 is 18.1 Å². The summed E-state index contributed by atoms with van der Waals surface area (Å²) in [6.07, 6.45) is -2.28. The molecule has 6 atom stereocenters. The first-order chi connectivity index (χ1) is 21.4. The number of hydrogen-bond donors (Lipinski definition) is 4. The lowest BCUT2D eigenvalue weighted by Crippen LogP contribution is -2.59. The van der Waals surface area contributed by atoms with Gasteiger partial charge in [0.1, 0.15) is 12.1 Å². The summed E-state index contributed by atoms with van der Waals surface area (Å²) >= 11 is 0. The number of hydrazine groups is 1. The summed E-state index contributed by atoms with van der Waals surface area (Å²) in [6, 6.07) is 15.6. The van der Waals surface area contributed by atoms with Crippen LogP contribution >= 0.6 is 0 Å². The summed E-state index contributed by atoms with van der Waals surface area (Å²) in [4.78, 5) is 38.8. The molecular weight excluding hydrogens is 580 g/mol. The van der Waals surface area contributed by atoms with E-state index in [1.165, 1.54) is 7.11 Å². The van der Waals surface area contributed by atoms with Crippen molar-refractivity contribution in [2.75, 3.05) is 26.9 Å². The first kappa shape index (κ1) is 34.2. The number of fused-ring (bicyclic) bond motifs is 1. The van der Waals surface area contributed by atoms with E-state index >= 15 is 0 Å². The van der Waals surface area contributed by atoms with Crippen molar-refractivity contribution in [2.24, 2.45) is 11.3 Å². The Balaban J connectivity index is 1.52. The number of rotatable bonds is 12. The molecule has 2 fully saturated rings. The van der Waals surface area contributed by atoms with Gasteiger partial charge < -0.3 is 34.7 Å². The van der Waals surface area contributed by atoms with Gasteiger partial charge in [-0.2, -0.15) is 0 Å². The second kappa shape index (κ2) is 15.5. The van der Waals surface area contributed by atoms with Crippen LogP contribution in [-0.4, -0.2) is 85.7 Å². The van der Waals surface area contributed by atoms with E-state index in [0.29, 0.717) is 13.0 Å². The fraction of sp³-hybridized carbons (Fsp3) is 0.545. The smallest absolute Gasteiger partial charge is 0.407 e. The maximum Gasteiger partial charge on any atom is 0.407 e. The van der Waals surface area contributed by atoms with Crippen LogP contribution in [0.4, 0.5) is 9.59 Å². The highest BCUT2D eigenvalue weighted by Gasteiger charge is 2.44. The fourth-order valence-corrected chi connectivity index (χ4v) is 5.51. The van der Waals surface area contributed by atoms with E-state index in [1.54, 1.807) is 5.01 Å². The Morgan fingerprint density at radius 1 is 1.00 bits per heavy atom. The van der Waals surface area contributed by atoms with Gasteiger partial charge in [-0.05, 0) is 36.3 Å². The number of hydrogen-bond acceptors (Lipinski definition) is 9. The van der Waals surface area contributed by atoms with Crippen molar-refractivity contribution < 1.29 is 38.4 Å². The molecular formula is C33H46N4O8. The lowest BCUT2D eigenvalue weighted by atomic mass is 9.86. The largest absolute Gasteiger partial charge is 0.453 e. The van der Waals surface area contributed by atoms with E-state index in [2.05, 4.69) is 16.1 Å². The Morgan fingerprint density at radius 2 is 1.71 bits per heavy atom. The molecule has 12 heteroatoms.